The Bertz CT molecular complexity index is 502. The molecule has 1 aliphatic rings. The van der Waals surface area contributed by atoms with E-state index < -0.39 is 17.9 Å². The van der Waals surface area contributed by atoms with Gasteiger partial charge >= 0.3 is 5.97 Å². The standard InChI is InChI=1S/C13H15NO5/c1-19-8-6-10(13(17)18)14(7-8)12(16)9-4-2-3-5-11(9)15/h2-5,8,10,15H,6-7H2,1H3,(H,17,18). The zero-order valence-corrected chi connectivity index (χ0v) is 10.4. The van der Waals surface area contributed by atoms with Crippen LogP contribution in [-0.4, -0.2) is 52.8 Å². The van der Waals surface area contributed by atoms with Crippen LogP contribution in [0.1, 0.15) is 16.8 Å². The molecular formula is C13H15NO5. The number of carboxylic acid groups (broad SMARTS) is 1. The van der Waals surface area contributed by atoms with Gasteiger partial charge in [0.05, 0.1) is 11.7 Å². The summed E-state index contributed by atoms with van der Waals surface area (Å²) in [6.07, 6.45) is -0.0403. The normalized spacial score (nSPS) is 22.5. The third kappa shape index (κ3) is 2.53. The van der Waals surface area contributed by atoms with Gasteiger partial charge in [0.15, 0.2) is 0 Å². The Hall–Kier alpha value is -2.08. The molecule has 1 aromatic carbocycles. The molecule has 6 heteroatoms. The number of para-hydroxylation sites is 1. The second kappa shape index (κ2) is 5.27. The van der Waals surface area contributed by atoms with Crippen LogP contribution in [0, 0.1) is 0 Å². The van der Waals surface area contributed by atoms with Crippen molar-refractivity contribution in [2.45, 2.75) is 18.6 Å². The molecule has 2 N–H and O–H groups in total. The lowest BCUT2D eigenvalue weighted by Gasteiger charge is -2.21. The lowest BCUT2D eigenvalue weighted by atomic mass is 10.1. The molecule has 2 rings (SSSR count). The van der Waals surface area contributed by atoms with Crippen LogP contribution in [0.3, 0.4) is 0 Å². The van der Waals surface area contributed by atoms with Crippen molar-refractivity contribution in [3.8, 4) is 5.75 Å². The molecule has 102 valence electrons. The van der Waals surface area contributed by atoms with Gasteiger partial charge in [0, 0.05) is 20.1 Å². The number of rotatable bonds is 3. The first-order valence-corrected chi connectivity index (χ1v) is 5.89. The number of benzene rings is 1. The molecule has 0 spiro atoms. The number of likely N-dealkylation sites (tertiary alicyclic amines) is 1. The van der Waals surface area contributed by atoms with Crippen LogP contribution >= 0.6 is 0 Å². The zero-order valence-electron chi connectivity index (χ0n) is 10.4. The maximum atomic E-state index is 12.3. The van der Waals surface area contributed by atoms with Crippen molar-refractivity contribution in [1.82, 2.24) is 4.90 Å². The van der Waals surface area contributed by atoms with E-state index in [4.69, 9.17) is 9.84 Å². The van der Waals surface area contributed by atoms with E-state index in [1.807, 2.05) is 0 Å². The van der Waals surface area contributed by atoms with Crippen molar-refractivity contribution in [3.63, 3.8) is 0 Å². The summed E-state index contributed by atoms with van der Waals surface area (Å²) in [5.74, 6) is -1.72. The molecule has 0 bridgehead atoms. The van der Waals surface area contributed by atoms with E-state index in [0.717, 1.165) is 0 Å². The monoisotopic (exact) mass is 265 g/mol. The number of aliphatic carboxylic acids is 1. The van der Waals surface area contributed by atoms with Gasteiger partial charge in [0.2, 0.25) is 0 Å². The van der Waals surface area contributed by atoms with Gasteiger partial charge in [-0.3, -0.25) is 4.79 Å². The first kappa shape index (κ1) is 13.4. The van der Waals surface area contributed by atoms with E-state index in [1.165, 1.54) is 24.1 Å². The fourth-order valence-corrected chi connectivity index (χ4v) is 2.24. The van der Waals surface area contributed by atoms with Crippen LogP contribution in [0.25, 0.3) is 0 Å². The summed E-state index contributed by atoms with van der Waals surface area (Å²) in [6.45, 7) is 0.209. The van der Waals surface area contributed by atoms with Crippen molar-refractivity contribution in [2.75, 3.05) is 13.7 Å². The molecule has 0 saturated carbocycles. The number of phenolic OH excluding ortho intramolecular Hbond substituents is 1. The SMILES string of the molecule is COC1CC(C(=O)O)N(C(=O)c2ccccc2O)C1. The molecule has 19 heavy (non-hydrogen) atoms. The van der Waals surface area contributed by atoms with Crippen molar-refractivity contribution < 1.29 is 24.5 Å². The summed E-state index contributed by atoms with van der Waals surface area (Å²) in [5, 5.41) is 18.8. The molecule has 0 aliphatic carbocycles. The molecule has 2 unspecified atom stereocenters. The van der Waals surface area contributed by atoms with E-state index >= 15 is 0 Å². The highest BCUT2D eigenvalue weighted by atomic mass is 16.5. The maximum absolute atomic E-state index is 12.3. The van der Waals surface area contributed by atoms with Crippen LogP contribution < -0.4 is 0 Å². The summed E-state index contributed by atoms with van der Waals surface area (Å²) in [5.41, 5.74) is 0.102. The summed E-state index contributed by atoms with van der Waals surface area (Å²) < 4.78 is 5.12. The first-order valence-electron chi connectivity index (χ1n) is 5.89. The lowest BCUT2D eigenvalue weighted by molar-refractivity contribution is -0.141. The van der Waals surface area contributed by atoms with Crippen LogP contribution in [0.15, 0.2) is 24.3 Å². The number of carbonyl (C=O) groups is 2. The Balaban J connectivity index is 2.27. The Kier molecular flexibility index (Phi) is 3.71. The number of carboxylic acids is 1. The fourth-order valence-electron chi connectivity index (χ4n) is 2.24. The van der Waals surface area contributed by atoms with Crippen molar-refractivity contribution in [3.05, 3.63) is 29.8 Å². The smallest absolute Gasteiger partial charge is 0.326 e. The van der Waals surface area contributed by atoms with Crippen molar-refractivity contribution >= 4 is 11.9 Å². The maximum Gasteiger partial charge on any atom is 0.326 e. The van der Waals surface area contributed by atoms with Gasteiger partial charge in [-0.1, -0.05) is 12.1 Å². The minimum atomic E-state index is -1.07. The van der Waals surface area contributed by atoms with Crippen molar-refractivity contribution in [1.29, 1.82) is 0 Å². The minimum Gasteiger partial charge on any atom is -0.507 e. The Labute approximate surface area is 110 Å². The molecule has 1 aromatic rings. The highest BCUT2D eigenvalue weighted by molar-refractivity contribution is 5.99. The molecule has 1 heterocycles. The molecule has 6 nitrogen and oxygen atoms in total. The highest BCUT2D eigenvalue weighted by Gasteiger charge is 2.40. The van der Waals surface area contributed by atoms with Gasteiger partial charge in [-0.2, -0.15) is 0 Å². The summed E-state index contributed by atoms with van der Waals surface area (Å²) in [4.78, 5) is 24.7. The van der Waals surface area contributed by atoms with E-state index in [0.29, 0.717) is 0 Å². The number of carbonyl (C=O) groups excluding carboxylic acids is 1. The first-order chi connectivity index (χ1) is 9.04. The quantitative estimate of drug-likeness (QED) is 0.840. The number of phenols is 1. The lowest BCUT2D eigenvalue weighted by Crippen LogP contribution is -2.40. The average molecular weight is 265 g/mol. The highest BCUT2D eigenvalue weighted by Crippen LogP contribution is 2.25. The van der Waals surface area contributed by atoms with Crippen LogP contribution in [0.4, 0.5) is 0 Å². The van der Waals surface area contributed by atoms with Crippen LogP contribution in [0.5, 0.6) is 5.75 Å². The van der Waals surface area contributed by atoms with Gasteiger partial charge in [-0.05, 0) is 12.1 Å². The number of hydrogen-bond acceptors (Lipinski definition) is 4. The number of nitrogens with zero attached hydrogens (tertiary/aromatic N) is 1. The molecule has 1 amide bonds. The van der Waals surface area contributed by atoms with E-state index in [2.05, 4.69) is 0 Å². The van der Waals surface area contributed by atoms with Crippen LogP contribution in [-0.2, 0) is 9.53 Å². The molecule has 0 aromatic heterocycles. The molecule has 2 atom stereocenters. The van der Waals surface area contributed by atoms with Crippen molar-refractivity contribution in [2.24, 2.45) is 0 Å². The Morgan fingerprint density at radius 3 is 2.63 bits per heavy atom. The molecular weight excluding hydrogens is 250 g/mol. The van der Waals surface area contributed by atoms with Gasteiger partial charge in [-0.25, -0.2) is 4.79 Å². The third-order valence-corrected chi connectivity index (χ3v) is 3.28. The topological polar surface area (TPSA) is 87.1 Å². The average Bonchev–Trinajstić information content (AvgIpc) is 2.83. The fraction of sp³-hybridized carbons (Fsp3) is 0.385. The number of aromatic hydroxyl groups is 1. The number of amides is 1. The molecule has 1 fully saturated rings. The predicted molar refractivity (Wildman–Crippen MR) is 66.0 cm³/mol. The summed E-state index contributed by atoms with van der Waals surface area (Å²) >= 11 is 0. The van der Waals surface area contributed by atoms with E-state index in [-0.39, 0.29) is 30.4 Å². The largest absolute Gasteiger partial charge is 0.507 e. The molecule has 1 saturated heterocycles. The van der Waals surface area contributed by atoms with Gasteiger partial charge in [-0.15, -0.1) is 0 Å². The molecule has 0 radical (unpaired) electrons. The Morgan fingerprint density at radius 2 is 2.05 bits per heavy atom. The Morgan fingerprint density at radius 1 is 1.37 bits per heavy atom. The number of ether oxygens (including phenoxy) is 1. The second-order valence-electron chi connectivity index (χ2n) is 4.42. The van der Waals surface area contributed by atoms with E-state index in [1.54, 1.807) is 12.1 Å². The summed E-state index contributed by atoms with van der Waals surface area (Å²) in [6, 6.07) is 5.16. The second-order valence-corrected chi connectivity index (χ2v) is 4.42. The minimum absolute atomic E-state index is 0.102. The zero-order chi connectivity index (χ0) is 14.0. The predicted octanol–water partition coefficient (Wildman–Crippen LogP) is 0.706. The van der Waals surface area contributed by atoms with Crippen LogP contribution in [0.2, 0.25) is 0 Å². The summed E-state index contributed by atoms with van der Waals surface area (Å²) in [7, 11) is 1.48. The molecule has 1 aliphatic heterocycles. The number of hydrogen-bond donors (Lipinski definition) is 2. The van der Waals surface area contributed by atoms with Gasteiger partial charge < -0.3 is 19.8 Å². The number of methoxy groups -OCH3 is 1. The third-order valence-electron chi connectivity index (χ3n) is 3.28. The van der Waals surface area contributed by atoms with Gasteiger partial charge in [0.25, 0.3) is 5.91 Å². The van der Waals surface area contributed by atoms with E-state index in [9.17, 15) is 14.7 Å². The van der Waals surface area contributed by atoms with Gasteiger partial charge in [0.1, 0.15) is 11.8 Å².